The van der Waals surface area contributed by atoms with Gasteiger partial charge in [-0.25, -0.2) is 4.98 Å². The number of hydrogen-bond donors (Lipinski definition) is 1. The Morgan fingerprint density at radius 3 is 2.45 bits per heavy atom. The molecule has 0 aliphatic heterocycles. The highest BCUT2D eigenvalue weighted by molar-refractivity contribution is 5.64. The third kappa shape index (κ3) is 2.89. The number of nitrogens with zero attached hydrogens (tertiary/aromatic N) is 1. The molecule has 0 unspecified atom stereocenters. The second-order valence-corrected chi connectivity index (χ2v) is 4.71. The lowest BCUT2D eigenvalue weighted by Gasteiger charge is -2.13. The number of alkyl halides is 3. The maximum Gasteiger partial charge on any atom is 0.417 e. The predicted octanol–water partition coefficient (Wildman–Crippen LogP) is 3.58. The third-order valence-electron chi connectivity index (χ3n) is 2.82. The van der Waals surface area contributed by atoms with Crippen molar-refractivity contribution < 1.29 is 13.2 Å². The van der Waals surface area contributed by atoms with E-state index in [0.29, 0.717) is 5.82 Å². The van der Waals surface area contributed by atoms with Crippen LogP contribution in [0.2, 0.25) is 0 Å². The first-order chi connectivity index (χ1) is 9.29. The molecule has 0 amide bonds. The molecule has 0 aliphatic rings. The van der Waals surface area contributed by atoms with Crippen molar-refractivity contribution in [1.82, 2.24) is 9.97 Å². The van der Waals surface area contributed by atoms with E-state index in [4.69, 9.17) is 0 Å². The van der Waals surface area contributed by atoms with E-state index in [0.717, 1.165) is 12.1 Å². The molecule has 20 heavy (non-hydrogen) atoms. The zero-order valence-electron chi connectivity index (χ0n) is 11.0. The summed E-state index contributed by atoms with van der Waals surface area (Å²) in [6.07, 6.45) is -4.49. The van der Waals surface area contributed by atoms with Crippen LogP contribution in [-0.4, -0.2) is 9.97 Å². The average Bonchev–Trinajstić information content (AvgIpc) is 2.37. The molecule has 1 heterocycles. The van der Waals surface area contributed by atoms with Crippen LogP contribution in [0.4, 0.5) is 13.2 Å². The first-order valence-corrected chi connectivity index (χ1v) is 6.07. The van der Waals surface area contributed by atoms with Crippen LogP contribution in [0.3, 0.4) is 0 Å². The normalized spacial score (nSPS) is 11.9. The standard InChI is InChI=1S/C14H13F3N2O/c1-8(2)13-18-11(7-12(20)19-13)9-5-3-4-6-10(9)14(15,16)17/h3-8H,1-2H3,(H,18,19,20). The van der Waals surface area contributed by atoms with Crippen molar-refractivity contribution in [3.63, 3.8) is 0 Å². The molecule has 1 aromatic carbocycles. The molecular formula is C14H13F3N2O. The van der Waals surface area contributed by atoms with Crippen LogP contribution in [0.5, 0.6) is 0 Å². The molecule has 2 aromatic rings. The molecule has 0 spiro atoms. The van der Waals surface area contributed by atoms with Crippen LogP contribution < -0.4 is 5.56 Å². The first-order valence-electron chi connectivity index (χ1n) is 6.07. The summed E-state index contributed by atoms with van der Waals surface area (Å²) in [4.78, 5) is 18.2. The summed E-state index contributed by atoms with van der Waals surface area (Å²) in [6.45, 7) is 3.61. The lowest BCUT2D eigenvalue weighted by molar-refractivity contribution is -0.137. The summed E-state index contributed by atoms with van der Waals surface area (Å²) >= 11 is 0. The van der Waals surface area contributed by atoms with Gasteiger partial charge in [0, 0.05) is 17.5 Å². The Morgan fingerprint density at radius 2 is 1.85 bits per heavy atom. The Labute approximate surface area is 113 Å². The minimum atomic E-state index is -4.49. The van der Waals surface area contributed by atoms with Gasteiger partial charge >= 0.3 is 6.18 Å². The van der Waals surface area contributed by atoms with Gasteiger partial charge in [0.05, 0.1) is 11.3 Å². The molecule has 3 nitrogen and oxygen atoms in total. The fourth-order valence-electron chi connectivity index (χ4n) is 1.84. The predicted molar refractivity (Wildman–Crippen MR) is 69.4 cm³/mol. The summed E-state index contributed by atoms with van der Waals surface area (Å²) in [5.41, 5.74) is -1.32. The monoisotopic (exact) mass is 282 g/mol. The number of benzene rings is 1. The number of nitrogens with one attached hydrogen (secondary N) is 1. The van der Waals surface area contributed by atoms with Crippen LogP contribution in [0.25, 0.3) is 11.3 Å². The molecular weight excluding hydrogens is 269 g/mol. The SMILES string of the molecule is CC(C)c1nc(-c2ccccc2C(F)(F)F)cc(=O)[nH]1. The number of rotatable bonds is 2. The van der Waals surface area contributed by atoms with E-state index in [-0.39, 0.29) is 17.2 Å². The first kappa shape index (κ1) is 14.3. The molecule has 2 rings (SSSR count). The van der Waals surface area contributed by atoms with Gasteiger partial charge < -0.3 is 4.98 Å². The topological polar surface area (TPSA) is 45.8 Å². The molecule has 0 fully saturated rings. The average molecular weight is 282 g/mol. The van der Waals surface area contributed by atoms with Crippen molar-refractivity contribution in [2.45, 2.75) is 25.9 Å². The number of halogens is 3. The van der Waals surface area contributed by atoms with E-state index >= 15 is 0 Å². The van der Waals surface area contributed by atoms with Gasteiger partial charge in [-0.1, -0.05) is 32.0 Å². The Bertz CT molecular complexity index is 675. The summed E-state index contributed by atoms with van der Waals surface area (Å²) in [7, 11) is 0. The zero-order valence-corrected chi connectivity index (χ0v) is 11.0. The van der Waals surface area contributed by atoms with E-state index in [1.807, 2.05) is 0 Å². The van der Waals surface area contributed by atoms with Gasteiger partial charge in [0.15, 0.2) is 0 Å². The molecule has 0 saturated carbocycles. The van der Waals surface area contributed by atoms with Crippen molar-refractivity contribution in [1.29, 1.82) is 0 Å². The molecule has 0 aliphatic carbocycles. The summed E-state index contributed by atoms with van der Waals surface area (Å²) in [5.74, 6) is 0.283. The Balaban J connectivity index is 2.66. The molecule has 1 aromatic heterocycles. The minimum Gasteiger partial charge on any atom is -0.310 e. The maximum absolute atomic E-state index is 13.0. The Kier molecular flexibility index (Phi) is 3.65. The molecule has 106 valence electrons. The number of hydrogen-bond acceptors (Lipinski definition) is 2. The van der Waals surface area contributed by atoms with Gasteiger partial charge in [-0.05, 0) is 6.07 Å². The van der Waals surface area contributed by atoms with Crippen LogP contribution in [0.1, 0.15) is 31.2 Å². The van der Waals surface area contributed by atoms with Crippen molar-refractivity contribution in [3.8, 4) is 11.3 Å². The molecule has 0 bridgehead atoms. The number of H-pyrrole nitrogens is 1. The second kappa shape index (κ2) is 5.11. The molecule has 0 saturated heterocycles. The van der Waals surface area contributed by atoms with E-state index in [1.54, 1.807) is 13.8 Å². The summed E-state index contributed by atoms with van der Waals surface area (Å²) in [5, 5.41) is 0. The van der Waals surface area contributed by atoms with Gasteiger partial charge in [-0.2, -0.15) is 13.2 Å². The molecule has 1 N–H and O–H groups in total. The maximum atomic E-state index is 13.0. The number of aromatic amines is 1. The van der Waals surface area contributed by atoms with Crippen LogP contribution in [-0.2, 0) is 6.18 Å². The largest absolute Gasteiger partial charge is 0.417 e. The van der Waals surface area contributed by atoms with Gasteiger partial charge in [0.25, 0.3) is 5.56 Å². The fourth-order valence-corrected chi connectivity index (χ4v) is 1.84. The van der Waals surface area contributed by atoms with E-state index < -0.39 is 17.3 Å². The summed E-state index contributed by atoms with van der Waals surface area (Å²) < 4.78 is 38.9. The van der Waals surface area contributed by atoms with Gasteiger partial charge in [-0.3, -0.25) is 4.79 Å². The van der Waals surface area contributed by atoms with Crippen molar-refractivity contribution in [2.75, 3.05) is 0 Å². The fraction of sp³-hybridized carbons (Fsp3) is 0.286. The lowest BCUT2D eigenvalue weighted by atomic mass is 10.0. The van der Waals surface area contributed by atoms with E-state index in [2.05, 4.69) is 9.97 Å². The van der Waals surface area contributed by atoms with Gasteiger partial charge in [0.1, 0.15) is 5.82 Å². The van der Waals surface area contributed by atoms with E-state index in [1.165, 1.54) is 18.2 Å². The van der Waals surface area contributed by atoms with Crippen LogP contribution in [0, 0.1) is 0 Å². The molecule has 6 heteroatoms. The lowest BCUT2D eigenvalue weighted by Crippen LogP contribution is -2.14. The van der Waals surface area contributed by atoms with E-state index in [9.17, 15) is 18.0 Å². The second-order valence-electron chi connectivity index (χ2n) is 4.71. The number of aromatic nitrogens is 2. The molecule has 0 radical (unpaired) electrons. The highest BCUT2D eigenvalue weighted by atomic mass is 19.4. The Hall–Kier alpha value is -2.11. The minimum absolute atomic E-state index is 0.0328. The third-order valence-corrected chi connectivity index (χ3v) is 2.82. The summed E-state index contributed by atoms with van der Waals surface area (Å²) in [6, 6.07) is 6.17. The van der Waals surface area contributed by atoms with Crippen molar-refractivity contribution in [2.24, 2.45) is 0 Å². The van der Waals surface area contributed by atoms with Crippen molar-refractivity contribution in [3.05, 3.63) is 52.1 Å². The Morgan fingerprint density at radius 1 is 1.20 bits per heavy atom. The smallest absolute Gasteiger partial charge is 0.310 e. The quantitative estimate of drug-likeness (QED) is 0.915. The molecule has 0 atom stereocenters. The van der Waals surface area contributed by atoms with Crippen LogP contribution in [0.15, 0.2) is 35.1 Å². The zero-order chi connectivity index (χ0) is 14.9. The van der Waals surface area contributed by atoms with Crippen molar-refractivity contribution >= 4 is 0 Å². The highest BCUT2D eigenvalue weighted by Crippen LogP contribution is 2.36. The highest BCUT2D eigenvalue weighted by Gasteiger charge is 2.33. The van der Waals surface area contributed by atoms with Crippen LogP contribution >= 0.6 is 0 Å². The van der Waals surface area contributed by atoms with Gasteiger partial charge in [0.2, 0.25) is 0 Å². The van der Waals surface area contributed by atoms with Gasteiger partial charge in [-0.15, -0.1) is 0 Å².